The van der Waals surface area contributed by atoms with E-state index in [1.807, 2.05) is 17.2 Å². The second kappa shape index (κ2) is 8.21. The molecule has 4 nitrogen and oxygen atoms in total. The van der Waals surface area contributed by atoms with Crippen LogP contribution in [0.3, 0.4) is 0 Å². The highest BCUT2D eigenvalue weighted by Crippen LogP contribution is 2.30. The summed E-state index contributed by atoms with van der Waals surface area (Å²) in [4.78, 5) is 18.7. The highest BCUT2D eigenvalue weighted by atomic mass is 19.1. The number of aromatic nitrogens is 1. The standard InChI is InChI=1S/C20H23FN2O2/c1-25-14-20(24)23-11-3-2-4-19(23)16-7-10-18(22-13-16)12-15-5-8-17(21)9-6-15/h5-10,13,19H,2-4,11-12,14H2,1H3/t19-/m0/s1. The number of hydrogen-bond donors (Lipinski definition) is 0. The summed E-state index contributed by atoms with van der Waals surface area (Å²) in [5.41, 5.74) is 3.02. The number of rotatable bonds is 5. The molecule has 2 heterocycles. The molecule has 1 aromatic carbocycles. The molecule has 0 unspecified atom stereocenters. The van der Waals surface area contributed by atoms with Crippen LogP contribution in [0.5, 0.6) is 0 Å². The Morgan fingerprint density at radius 3 is 2.72 bits per heavy atom. The molecular weight excluding hydrogens is 319 g/mol. The van der Waals surface area contributed by atoms with Crippen LogP contribution in [0.1, 0.15) is 42.1 Å². The third kappa shape index (κ3) is 4.42. The number of nitrogens with zero attached hydrogens (tertiary/aromatic N) is 2. The molecule has 0 saturated carbocycles. The van der Waals surface area contributed by atoms with Crippen LogP contribution in [0.15, 0.2) is 42.6 Å². The van der Waals surface area contributed by atoms with E-state index in [4.69, 9.17) is 4.74 Å². The van der Waals surface area contributed by atoms with Gasteiger partial charge in [0.25, 0.3) is 0 Å². The van der Waals surface area contributed by atoms with Crippen LogP contribution in [0, 0.1) is 5.82 Å². The van der Waals surface area contributed by atoms with Gasteiger partial charge in [-0.15, -0.1) is 0 Å². The van der Waals surface area contributed by atoms with E-state index in [9.17, 15) is 9.18 Å². The number of benzene rings is 1. The van der Waals surface area contributed by atoms with Gasteiger partial charge in [-0.2, -0.15) is 0 Å². The molecule has 25 heavy (non-hydrogen) atoms. The second-order valence-corrected chi connectivity index (χ2v) is 6.42. The van der Waals surface area contributed by atoms with E-state index in [0.29, 0.717) is 6.42 Å². The van der Waals surface area contributed by atoms with Crippen LogP contribution in [0.4, 0.5) is 4.39 Å². The summed E-state index contributed by atoms with van der Waals surface area (Å²) in [6, 6.07) is 10.6. The van der Waals surface area contributed by atoms with Crippen LogP contribution >= 0.6 is 0 Å². The number of piperidine rings is 1. The van der Waals surface area contributed by atoms with Crippen molar-refractivity contribution in [1.82, 2.24) is 9.88 Å². The maximum Gasteiger partial charge on any atom is 0.249 e. The monoisotopic (exact) mass is 342 g/mol. The van der Waals surface area contributed by atoms with E-state index in [0.717, 1.165) is 42.6 Å². The molecule has 1 amide bonds. The third-order valence-electron chi connectivity index (χ3n) is 4.62. The summed E-state index contributed by atoms with van der Waals surface area (Å²) >= 11 is 0. The molecule has 1 saturated heterocycles. The average Bonchev–Trinajstić information content (AvgIpc) is 2.64. The van der Waals surface area contributed by atoms with Crippen LogP contribution in [0.25, 0.3) is 0 Å². The van der Waals surface area contributed by atoms with Crippen molar-refractivity contribution >= 4 is 5.91 Å². The Kier molecular flexibility index (Phi) is 5.76. The zero-order valence-electron chi connectivity index (χ0n) is 14.5. The normalized spacial score (nSPS) is 17.5. The molecule has 1 aliphatic heterocycles. The molecule has 132 valence electrons. The average molecular weight is 342 g/mol. The maximum absolute atomic E-state index is 13.0. The zero-order chi connectivity index (χ0) is 17.6. The van der Waals surface area contributed by atoms with E-state index >= 15 is 0 Å². The van der Waals surface area contributed by atoms with Gasteiger partial charge in [0, 0.05) is 32.0 Å². The molecular formula is C20H23FN2O2. The fourth-order valence-electron chi connectivity index (χ4n) is 3.33. The molecule has 5 heteroatoms. The van der Waals surface area contributed by atoms with Crippen molar-refractivity contribution in [3.8, 4) is 0 Å². The largest absolute Gasteiger partial charge is 0.375 e. The Balaban J connectivity index is 1.71. The van der Waals surface area contributed by atoms with Crippen molar-refractivity contribution in [3.63, 3.8) is 0 Å². The number of likely N-dealkylation sites (tertiary alicyclic amines) is 1. The molecule has 0 N–H and O–H groups in total. The van der Waals surface area contributed by atoms with Crippen molar-refractivity contribution in [2.75, 3.05) is 20.3 Å². The molecule has 0 radical (unpaired) electrons. The van der Waals surface area contributed by atoms with Gasteiger partial charge in [-0.05, 0) is 48.6 Å². The van der Waals surface area contributed by atoms with Gasteiger partial charge in [0.2, 0.25) is 5.91 Å². The number of amides is 1. The van der Waals surface area contributed by atoms with Gasteiger partial charge < -0.3 is 9.64 Å². The fraction of sp³-hybridized carbons (Fsp3) is 0.400. The van der Waals surface area contributed by atoms with Crippen LogP contribution in [-0.4, -0.2) is 36.1 Å². The summed E-state index contributed by atoms with van der Waals surface area (Å²) in [7, 11) is 1.54. The van der Waals surface area contributed by atoms with Crippen molar-refractivity contribution in [1.29, 1.82) is 0 Å². The molecule has 0 spiro atoms. The summed E-state index contributed by atoms with van der Waals surface area (Å²) in [5.74, 6) is -0.201. The van der Waals surface area contributed by atoms with E-state index < -0.39 is 0 Å². The minimum Gasteiger partial charge on any atom is -0.375 e. The molecule has 0 aliphatic carbocycles. The maximum atomic E-state index is 13.0. The van der Waals surface area contributed by atoms with E-state index in [2.05, 4.69) is 11.1 Å². The van der Waals surface area contributed by atoms with Crippen LogP contribution < -0.4 is 0 Å². The number of ether oxygens (including phenoxy) is 1. The molecule has 2 aromatic rings. The number of halogens is 1. The van der Waals surface area contributed by atoms with Gasteiger partial charge in [-0.1, -0.05) is 18.2 Å². The van der Waals surface area contributed by atoms with Gasteiger partial charge in [0.15, 0.2) is 0 Å². The van der Waals surface area contributed by atoms with E-state index in [1.54, 1.807) is 19.2 Å². The number of pyridine rings is 1. The topological polar surface area (TPSA) is 42.4 Å². The van der Waals surface area contributed by atoms with Gasteiger partial charge in [-0.25, -0.2) is 4.39 Å². The minimum atomic E-state index is -0.231. The summed E-state index contributed by atoms with van der Waals surface area (Å²) in [6.45, 7) is 0.886. The van der Waals surface area contributed by atoms with Gasteiger partial charge in [0.1, 0.15) is 12.4 Å². The molecule has 1 atom stereocenters. The Morgan fingerprint density at radius 1 is 1.24 bits per heavy atom. The molecule has 1 aliphatic rings. The Morgan fingerprint density at radius 2 is 2.04 bits per heavy atom. The minimum absolute atomic E-state index is 0.0302. The Labute approximate surface area is 147 Å². The van der Waals surface area contributed by atoms with Gasteiger partial charge >= 0.3 is 0 Å². The smallest absolute Gasteiger partial charge is 0.249 e. The third-order valence-corrected chi connectivity index (χ3v) is 4.62. The first-order valence-corrected chi connectivity index (χ1v) is 8.65. The highest BCUT2D eigenvalue weighted by molar-refractivity contribution is 5.78. The number of methoxy groups -OCH3 is 1. The molecule has 3 rings (SSSR count). The quantitative estimate of drug-likeness (QED) is 0.835. The van der Waals surface area contributed by atoms with Crippen LogP contribution in [-0.2, 0) is 16.0 Å². The van der Waals surface area contributed by atoms with E-state index in [1.165, 1.54) is 12.1 Å². The lowest BCUT2D eigenvalue weighted by molar-refractivity contribution is -0.139. The van der Waals surface area contributed by atoms with Gasteiger partial charge in [-0.3, -0.25) is 9.78 Å². The summed E-state index contributed by atoms with van der Waals surface area (Å²) < 4.78 is 18.0. The van der Waals surface area contributed by atoms with Crippen LogP contribution in [0.2, 0.25) is 0 Å². The van der Waals surface area contributed by atoms with Crippen molar-refractivity contribution < 1.29 is 13.9 Å². The number of hydrogen-bond acceptors (Lipinski definition) is 3. The highest BCUT2D eigenvalue weighted by Gasteiger charge is 2.27. The first-order valence-electron chi connectivity index (χ1n) is 8.65. The lowest BCUT2D eigenvalue weighted by atomic mass is 9.96. The Bertz CT molecular complexity index is 701. The predicted octanol–water partition coefficient (Wildman–Crippen LogP) is 3.51. The molecule has 1 fully saturated rings. The second-order valence-electron chi connectivity index (χ2n) is 6.42. The number of carbonyl (C=O) groups excluding carboxylic acids is 1. The SMILES string of the molecule is COCC(=O)N1CCCC[C@H]1c1ccc(Cc2ccc(F)cc2)nc1. The molecule has 0 bridgehead atoms. The number of carbonyl (C=O) groups is 1. The lowest BCUT2D eigenvalue weighted by Crippen LogP contribution is -2.40. The predicted molar refractivity (Wildman–Crippen MR) is 93.6 cm³/mol. The first-order chi connectivity index (χ1) is 12.2. The lowest BCUT2D eigenvalue weighted by Gasteiger charge is -2.35. The first kappa shape index (κ1) is 17.5. The Hall–Kier alpha value is -2.27. The van der Waals surface area contributed by atoms with Gasteiger partial charge in [0.05, 0.1) is 6.04 Å². The zero-order valence-corrected chi connectivity index (χ0v) is 14.5. The summed E-state index contributed by atoms with van der Waals surface area (Å²) in [6.07, 6.45) is 5.62. The molecule has 1 aromatic heterocycles. The fourth-order valence-corrected chi connectivity index (χ4v) is 3.33. The summed E-state index contributed by atoms with van der Waals surface area (Å²) in [5, 5.41) is 0. The van der Waals surface area contributed by atoms with Crippen molar-refractivity contribution in [3.05, 3.63) is 65.2 Å². The van der Waals surface area contributed by atoms with Crippen molar-refractivity contribution in [2.24, 2.45) is 0 Å². The van der Waals surface area contributed by atoms with E-state index in [-0.39, 0.29) is 24.4 Å². The van der Waals surface area contributed by atoms with Crippen molar-refractivity contribution in [2.45, 2.75) is 31.7 Å².